The van der Waals surface area contributed by atoms with Crippen LogP contribution in [0.15, 0.2) is 44.1 Å². The summed E-state index contributed by atoms with van der Waals surface area (Å²) in [5.74, 6) is 1.88. The quantitative estimate of drug-likeness (QED) is 0.261. The summed E-state index contributed by atoms with van der Waals surface area (Å²) in [7, 11) is 0. The van der Waals surface area contributed by atoms with Crippen LogP contribution in [0.1, 0.15) is 31.0 Å². The first-order chi connectivity index (χ1) is 14.2. The minimum absolute atomic E-state index is 0.832. The van der Waals surface area contributed by atoms with Crippen LogP contribution in [0.3, 0.4) is 0 Å². The second-order valence-electron chi connectivity index (χ2n) is 7.28. The molecule has 6 aromatic rings. The van der Waals surface area contributed by atoms with Crippen molar-refractivity contribution in [1.82, 2.24) is 0 Å². The van der Waals surface area contributed by atoms with Gasteiger partial charge in [0, 0.05) is 46.1 Å². The van der Waals surface area contributed by atoms with E-state index in [-0.39, 0.29) is 0 Å². The van der Waals surface area contributed by atoms with E-state index >= 15 is 0 Å². The van der Waals surface area contributed by atoms with E-state index in [0.29, 0.717) is 0 Å². The second kappa shape index (κ2) is 6.84. The van der Waals surface area contributed by atoms with Crippen LogP contribution in [-0.4, -0.2) is 0 Å². The lowest BCUT2D eigenvalue weighted by Crippen LogP contribution is -1.85. The first-order valence-corrected chi connectivity index (χ1v) is 13.0. The van der Waals surface area contributed by atoms with E-state index in [4.69, 9.17) is 8.83 Å². The third-order valence-electron chi connectivity index (χ3n) is 5.50. The lowest BCUT2D eigenvalue weighted by molar-refractivity contribution is 0.487. The normalized spacial score (nSPS) is 12.2. The van der Waals surface area contributed by atoms with Gasteiger partial charge in [0.25, 0.3) is 0 Å². The SMILES string of the molecule is Cc1sc(CCc2sc(Cc3oc(C)c4occc34)c3sccc23)c2sccc12. The van der Waals surface area contributed by atoms with Crippen molar-refractivity contribution < 1.29 is 8.83 Å². The van der Waals surface area contributed by atoms with E-state index in [2.05, 4.69) is 29.8 Å². The summed E-state index contributed by atoms with van der Waals surface area (Å²) >= 11 is 7.65. The Hall–Kier alpha value is -1.86. The molecule has 6 aromatic heterocycles. The molecular weight excluding hydrogens is 437 g/mol. The fourth-order valence-corrected chi connectivity index (χ4v) is 8.84. The van der Waals surface area contributed by atoms with Crippen LogP contribution in [-0.2, 0) is 19.3 Å². The van der Waals surface area contributed by atoms with Crippen molar-refractivity contribution in [2.24, 2.45) is 0 Å². The molecule has 6 heteroatoms. The van der Waals surface area contributed by atoms with Crippen molar-refractivity contribution in [2.75, 3.05) is 0 Å². The Morgan fingerprint density at radius 1 is 0.793 bits per heavy atom. The molecule has 0 aliphatic carbocycles. The fraction of sp³-hybridized carbons (Fsp3) is 0.217. The molecule has 0 saturated heterocycles. The van der Waals surface area contributed by atoms with Crippen molar-refractivity contribution in [3.63, 3.8) is 0 Å². The average Bonchev–Trinajstić information content (AvgIpc) is 3.50. The Labute approximate surface area is 184 Å². The molecule has 0 bridgehead atoms. The second-order valence-corrected chi connectivity index (χ2v) is 11.6. The summed E-state index contributed by atoms with van der Waals surface area (Å²) in [5, 5.41) is 8.42. The van der Waals surface area contributed by atoms with Gasteiger partial charge in [0.05, 0.1) is 11.6 Å². The maximum atomic E-state index is 6.04. The van der Waals surface area contributed by atoms with Crippen LogP contribution in [0.2, 0.25) is 0 Å². The fourth-order valence-electron chi connectivity index (χ4n) is 4.14. The van der Waals surface area contributed by atoms with Crippen LogP contribution in [0.5, 0.6) is 0 Å². The van der Waals surface area contributed by atoms with Gasteiger partial charge in [0.15, 0.2) is 5.58 Å². The van der Waals surface area contributed by atoms with Crippen molar-refractivity contribution in [1.29, 1.82) is 0 Å². The van der Waals surface area contributed by atoms with Gasteiger partial charge in [0.1, 0.15) is 11.5 Å². The standard InChI is InChI=1S/C23H18O2S4/c1-12-21-15(5-8-24-21)17(25-12)11-20-23-16(7-10-27-23)18(29-20)3-4-19-22-14(6-9-26-22)13(2)28-19/h5-10H,3-4,11H2,1-2H3. The molecule has 0 aliphatic rings. The first kappa shape index (κ1) is 18.0. The van der Waals surface area contributed by atoms with E-state index in [0.717, 1.165) is 41.8 Å². The molecule has 0 aliphatic heterocycles. The number of hydrogen-bond donors (Lipinski definition) is 0. The van der Waals surface area contributed by atoms with Gasteiger partial charge in [-0.1, -0.05) is 0 Å². The summed E-state index contributed by atoms with van der Waals surface area (Å²) in [5.41, 5.74) is 0.882. The highest BCUT2D eigenvalue weighted by Crippen LogP contribution is 2.40. The molecule has 0 fully saturated rings. The minimum Gasteiger partial charge on any atom is -0.461 e. The Kier molecular flexibility index (Phi) is 4.24. The van der Waals surface area contributed by atoms with E-state index in [1.807, 2.05) is 58.3 Å². The molecule has 0 radical (unpaired) electrons. The van der Waals surface area contributed by atoms with Crippen LogP contribution in [0.4, 0.5) is 0 Å². The summed E-state index contributed by atoms with van der Waals surface area (Å²) in [6.45, 7) is 4.22. The molecule has 0 spiro atoms. The number of furan rings is 2. The molecule has 0 saturated carbocycles. The summed E-state index contributed by atoms with van der Waals surface area (Å²) in [6.07, 6.45) is 4.81. The lowest BCUT2D eigenvalue weighted by Gasteiger charge is -1.98. The average molecular weight is 455 g/mol. The van der Waals surface area contributed by atoms with Crippen molar-refractivity contribution >= 4 is 76.5 Å². The zero-order valence-corrected chi connectivity index (χ0v) is 19.3. The molecule has 0 unspecified atom stereocenters. The third-order valence-corrected chi connectivity index (χ3v) is 10.2. The molecular formula is C23H18O2S4. The largest absolute Gasteiger partial charge is 0.461 e. The van der Waals surface area contributed by atoms with E-state index < -0.39 is 0 Å². The monoisotopic (exact) mass is 454 g/mol. The number of aryl methyl sites for hydroxylation is 4. The minimum atomic E-state index is 0.832. The molecule has 0 amide bonds. The van der Waals surface area contributed by atoms with Gasteiger partial charge in [-0.25, -0.2) is 0 Å². The van der Waals surface area contributed by atoms with Crippen LogP contribution < -0.4 is 0 Å². The van der Waals surface area contributed by atoms with Crippen molar-refractivity contribution in [3.8, 4) is 0 Å². The molecule has 29 heavy (non-hydrogen) atoms. The predicted molar refractivity (Wildman–Crippen MR) is 128 cm³/mol. The van der Waals surface area contributed by atoms with Gasteiger partial charge < -0.3 is 8.83 Å². The molecule has 6 heterocycles. The van der Waals surface area contributed by atoms with E-state index in [1.54, 1.807) is 6.26 Å². The topological polar surface area (TPSA) is 26.3 Å². The van der Waals surface area contributed by atoms with Gasteiger partial charge in [-0.2, -0.15) is 0 Å². The summed E-state index contributed by atoms with van der Waals surface area (Å²) in [6, 6.07) is 6.57. The maximum absolute atomic E-state index is 6.04. The van der Waals surface area contributed by atoms with Gasteiger partial charge in [-0.05, 0) is 55.6 Å². The van der Waals surface area contributed by atoms with Crippen LogP contribution in [0.25, 0.3) is 31.1 Å². The Morgan fingerprint density at radius 2 is 1.55 bits per heavy atom. The maximum Gasteiger partial charge on any atom is 0.175 e. The first-order valence-electron chi connectivity index (χ1n) is 9.57. The molecule has 0 aromatic carbocycles. The molecule has 0 N–H and O–H groups in total. The lowest BCUT2D eigenvalue weighted by atomic mass is 10.1. The Morgan fingerprint density at radius 3 is 2.41 bits per heavy atom. The third kappa shape index (κ3) is 2.85. The van der Waals surface area contributed by atoms with Gasteiger partial charge in [-0.3, -0.25) is 0 Å². The van der Waals surface area contributed by atoms with E-state index in [1.165, 1.54) is 39.7 Å². The zero-order chi connectivity index (χ0) is 19.5. The molecule has 0 atom stereocenters. The van der Waals surface area contributed by atoms with Gasteiger partial charge in [-0.15, -0.1) is 45.3 Å². The Balaban J connectivity index is 1.33. The summed E-state index contributed by atoms with van der Waals surface area (Å²) < 4.78 is 14.5. The number of hydrogen-bond acceptors (Lipinski definition) is 6. The van der Waals surface area contributed by atoms with Crippen LogP contribution >= 0.6 is 45.3 Å². The smallest absolute Gasteiger partial charge is 0.175 e. The Bertz CT molecular complexity index is 1460. The van der Waals surface area contributed by atoms with Crippen molar-refractivity contribution in [2.45, 2.75) is 33.1 Å². The zero-order valence-electron chi connectivity index (χ0n) is 16.0. The van der Waals surface area contributed by atoms with E-state index in [9.17, 15) is 0 Å². The molecule has 146 valence electrons. The highest BCUT2D eigenvalue weighted by atomic mass is 32.1. The highest BCUT2D eigenvalue weighted by molar-refractivity contribution is 7.24. The van der Waals surface area contributed by atoms with Gasteiger partial charge in [0.2, 0.25) is 0 Å². The predicted octanol–water partition coefficient (Wildman–Crippen LogP) is 8.57. The van der Waals surface area contributed by atoms with Crippen molar-refractivity contribution in [3.05, 3.63) is 66.3 Å². The molecule has 2 nitrogen and oxygen atoms in total. The number of rotatable bonds is 5. The van der Waals surface area contributed by atoms with Gasteiger partial charge >= 0.3 is 0 Å². The number of thiophene rings is 4. The van der Waals surface area contributed by atoms with Crippen LogP contribution in [0, 0.1) is 13.8 Å². The summed E-state index contributed by atoms with van der Waals surface area (Å²) in [4.78, 5) is 5.89. The number of fused-ring (bicyclic) bond motifs is 3. The highest BCUT2D eigenvalue weighted by Gasteiger charge is 2.19. The molecule has 6 rings (SSSR count).